The van der Waals surface area contributed by atoms with Crippen molar-refractivity contribution in [2.75, 3.05) is 31.1 Å². The number of nitro benzene ring substituents is 1. The number of nitrogens with zero attached hydrogens (tertiary/aromatic N) is 6. The zero-order chi connectivity index (χ0) is 20.7. The van der Waals surface area contributed by atoms with Crippen molar-refractivity contribution in [2.24, 2.45) is 0 Å². The molecular formula is C21H24N6O3. The minimum Gasteiger partial charge on any atom is -0.370 e. The van der Waals surface area contributed by atoms with E-state index in [0.29, 0.717) is 18.0 Å². The summed E-state index contributed by atoms with van der Waals surface area (Å²) < 4.78 is 5.38. The van der Waals surface area contributed by atoms with E-state index in [-0.39, 0.29) is 10.6 Å². The molecule has 1 aromatic carbocycles. The molecule has 0 bridgehead atoms. The summed E-state index contributed by atoms with van der Waals surface area (Å²) in [6, 6.07) is 7.20. The number of anilines is 1. The molecule has 9 heteroatoms. The van der Waals surface area contributed by atoms with Crippen LogP contribution in [0.3, 0.4) is 0 Å². The Balaban J connectivity index is 1.35. The van der Waals surface area contributed by atoms with Crippen molar-refractivity contribution in [3.05, 3.63) is 51.8 Å². The monoisotopic (exact) mass is 408 g/mol. The molecule has 1 saturated carbocycles. The van der Waals surface area contributed by atoms with Crippen LogP contribution in [0.15, 0.2) is 28.8 Å². The summed E-state index contributed by atoms with van der Waals surface area (Å²) in [4.78, 5) is 24.8. The highest BCUT2D eigenvalue weighted by Crippen LogP contribution is 2.39. The number of pyridine rings is 1. The second-order valence-electron chi connectivity index (χ2n) is 8.15. The van der Waals surface area contributed by atoms with E-state index in [9.17, 15) is 10.1 Å². The van der Waals surface area contributed by atoms with Gasteiger partial charge in [0.15, 0.2) is 11.3 Å². The Bertz CT molecular complexity index is 1090. The van der Waals surface area contributed by atoms with Crippen LogP contribution in [0, 0.1) is 17.0 Å². The van der Waals surface area contributed by atoms with Crippen molar-refractivity contribution in [3.8, 4) is 0 Å². The summed E-state index contributed by atoms with van der Waals surface area (Å²) >= 11 is 0. The SMILES string of the molecule is Cc1cc(N2CCCN(Cc3noc(C4CC4)n3)CC2)c2cccc([N+](=O)[O-])c2n1. The van der Waals surface area contributed by atoms with Crippen LogP contribution in [-0.4, -0.2) is 51.1 Å². The maximum atomic E-state index is 11.5. The lowest BCUT2D eigenvalue weighted by Gasteiger charge is -2.25. The minimum atomic E-state index is -0.358. The fourth-order valence-corrected chi connectivity index (χ4v) is 4.15. The highest BCUT2D eigenvalue weighted by atomic mass is 16.6. The average Bonchev–Trinajstić information content (AvgIpc) is 3.51. The van der Waals surface area contributed by atoms with Crippen LogP contribution >= 0.6 is 0 Å². The molecule has 0 unspecified atom stereocenters. The van der Waals surface area contributed by atoms with E-state index in [1.165, 1.54) is 6.07 Å². The summed E-state index contributed by atoms with van der Waals surface area (Å²) in [6.45, 7) is 6.10. The first kappa shape index (κ1) is 18.9. The molecule has 0 spiro atoms. The molecule has 1 saturated heterocycles. The van der Waals surface area contributed by atoms with Crippen molar-refractivity contribution >= 4 is 22.3 Å². The van der Waals surface area contributed by atoms with Gasteiger partial charge in [-0.1, -0.05) is 17.3 Å². The fraction of sp³-hybridized carbons (Fsp3) is 0.476. The molecule has 156 valence electrons. The average molecular weight is 408 g/mol. The lowest BCUT2D eigenvalue weighted by atomic mass is 10.1. The largest absolute Gasteiger partial charge is 0.370 e. The number of fused-ring (bicyclic) bond motifs is 1. The Morgan fingerprint density at radius 3 is 2.87 bits per heavy atom. The second kappa shape index (κ2) is 7.64. The molecule has 9 nitrogen and oxygen atoms in total. The van der Waals surface area contributed by atoms with Gasteiger partial charge in [-0.3, -0.25) is 15.0 Å². The van der Waals surface area contributed by atoms with Crippen LogP contribution < -0.4 is 4.90 Å². The van der Waals surface area contributed by atoms with Crippen LogP contribution in [0.5, 0.6) is 0 Å². The van der Waals surface area contributed by atoms with Crippen molar-refractivity contribution in [2.45, 2.75) is 38.6 Å². The Labute approximate surface area is 173 Å². The third-order valence-corrected chi connectivity index (χ3v) is 5.83. The Morgan fingerprint density at radius 2 is 2.07 bits per heavy atom. The van der Waals surface area contributed by atoms with Gasteiger partial charge in [0, 0.05) is 54.9 Å². The van der Waals surface area contributed by atoms with Crippen LogP contribution in [-0.2, 0) is 6.54 Å². The van der Waals surface area contributed by atoms with E-state index in [0.717, 1.165) is 73.9 Å². The number of hydrogen-bond acceptors (Lipinski definition) is 8. The molecule has 3 heterocycles. The number of para-hydroxylation sites is 1. The van der Waals surface area contributed by atoms with E-state index in [1.54, 1.807) is 6.07 Å². The van der Waals surface area contributed by atoms with Crippen LogP contribution in [0.2, 0.25) is 0 Å². The number of aromatic nitrogens is 3. The number of benzene rings is 1. The third-order valence-electron chi connectivity index (χ3n) is 5.83. The van der Waals surface area contributed by atoms with E-state index < -0.39 is 0 Å². The summed E-state index contributed by atoms with van der Waals surface area (Å²) in [5, 5.41) is 16.4. The van der Waals surface area contributed by atoms with Crippen LogP contribution in [0.1, 0.15) is 42.6 Å². The van der Waals surface area contributed by atoms with Gasteiger partial charge < -0.3 is 9.42 Å². The van der Waals surface area contributed by atoms with E-state index in [2.05, 4.69) is 24.9 Å². The number of non-ortho nitro benzene ring substituents is 1. The summed E-state index contributed by atoms with van der Waals surface area (Å²) in [7, 11) is 0. The van der Waals surface area contributed by atoms with Crippen LogP contribution in [0.4, 0.5) is 11.4 Å². The molecule has 2 fully saturated rings. The first-order valence-corrected chi connectivity index (χ1v) is 10.4. The third kappa shape index (κ3) is 3.72. The predicted octanol–water partition coefficient (Wildman–Crippen LogP) is 3.42. The Morgan fingerprint density at radius 1 is 1.20 bits per heavy atom. The molecule has 30 heavy (non-hydrogen) atoms. The van der Waals surface area contributed by atoms with Gasteiger partial charge in [0.2, 0.25) is 5.89 Å². The first-order valence-electron chi connectivity index (χ1n) is 10.4. The molecule has 2 aromatic heterocycles. The van der Waals surface area contributed by atoms with Crippen molar-refractivity contribution in [1.82, 2.24) is 20.0 Å². The maximum absolute atomic E-state index is 11.5. The standard InChI is InChI=1S/C21H24N6O3/c1-14-12-18(16-4-2-5-17(27(28)29)20(16)22-14)26-9-3-8-25(10-11-26)13-19-23-21(30-24-19)15-6-7-15/h2,4-5,12,15H,3,6-11,13H2,1H3. The predicted molar refractivity (Wildman–Crippen MR) is 112 cm³/mol. The number of hydrogen-bond donors (Lipinski definition) is 0. The smallest absolute Gasteiger partial charge is 0.295 e. The number of aryl methyl sites for hydroxylation is 1. The van der Waals surface area contributed by atoms with E-state index in [4.69, 9.17) is 4.52 Å². The van der Waals surface area contributed by atoms with Crippen molar-refractivity contribution in [1.29, 1.82) is 0 Å². The molecule has 1 aliphatic heterocycles. The zero-order valence-electron chi connectivity index (χ0n) is 17.0. The highest BCUT2D eigenvalue weighted by Gasteiger charge is 2.30. The highest BCUT2D eigenvalue weighted by molar-refractivity contribution is 5.97. The van der Waals surface area contributed by atoms with Gasteiger partial charge in [-0.2, -0.15) is 4.98 Å². The van der Waals surface area contributed by atoms with E-state index >= 15 is 0 Å². The van der Waals surface area contributed by atoms with Gasteiger partial charge >= 0.3 is 0 Å². The fourth-order valence-electron chi connectivity index (χ4n) is 4.15. The normalized spacial score (nSPS) is 18.0. The molecule has 0 N–H and O–H groups in total. The van der Waals surface area contributed by atoms with Crippen LogP contribution in [0.25, 0.3) is 10.9 Å². The molecular weight excluding hydrogens is 384 g/mol. The molecule has 5 rings (SSSR count). The maximum Gasteiger partial charge on any atom is 0.295 e. The van der Waals surface area contributed by atoms with Gasteiger partial charge in [-0.15, -0.1) is 0 Å². The van der Waals surface area contributed by atoms with Gasteiger partial charge in [0.25, 0.3) is 5.69 Å². The molecule has 2 aliphatic rings. The molecule has 0 atom stereocenters. The van der Waals surface area contributed by atoms with Crippen molar-refractivity contribution < 1.29 is 9.45 Å². The molecule has 0 radical (unpaired) electrons. The lowest BCUT2D eigenvalue weighted by molar-refractivity contribution is -0.383. The second-order valence-corrected chi connectivity index (χ2v) is 8.15. The van der Waals surface area contributed by atoms with Gasteiger partial charge in [0.05, 0.1) is 11.5 Å². The molecule has 1 aliphatic carbocycles. The van der Waals surface area contributed by atoms with Gasteiger partial charge in [0.1, 0.15) is 0 Å². The van der Waals surface area contributed by atoms with Gasteiger partial charge in [-0.25, -0.2) is 4.98 Å². The lowest BCUT2D eigenvalue weighted by Crippen LogP contribution is -2.31. The van der Waals surface area contributed by atoms with E-state index in [1.807, 2.05) is 19.1 Å². The molecule has 3 aromatic rings. The molecule has 0 amide bonds. The summed E-state index contributed by atoms with van der Waals surface area (Å²) in [5.74, 6) is 2.01. The topological polar surface area (TPSA) is 101 Å². The Hall–Kier alpha value is -3.07. The summed E-state index contributed by atoms with van der Waals surface area (Å²) in [6.07, 6.45) is 3.29. The van der Waals surface area contributed by atoms with Gasteiger partial charge in [-0.05, 0) is 32.3 Å². The number of rotatable bonds is 5. The Kier molecular flexibility index (Phi) is 4.82. The summed E-state index contributed by atoms with van der Waals surface area (Å²) in [5.41, 5.74) is 2.31. The first-order chi connectivity index (χ1) is 14.6. The zero-order valence-corrected chi connectivity index (χ0v) is 17.0. The number of nitro groups is 1. The van der Waals surface area contributed by atoms with Crippen molar-refractivity contribution in [3.63, 3.8) is 0 Å². The quantitative estimate of drug-likeness (QED) is 0.467. The minimum absolute atomic E-state index is 0.0532.